The van der Waals surface area contributed by atoms with Gasteiger partial charge in [0.15, 0.2) is 0 Å². The molecule has 6 rings (SSSR count). The van der Waals surface area contributed by atoms with Crippen molar-refractivity contribution in [3.8, 4) is 22.3 Å². The standard InChI is InChI=1S/2C24H29.C2H5.2ClH.Zr/c2*1-7-8-9-20-13-22-18(5)17(4)19(6)24(23(22)14-20)21-11-15(2)10-16(3)12-21;1-2;;;/h2*10-14H,7-9H2,1-6H3;1H2,2H3;2*1H;/q3*-1;;;+2/p-2. The maximum atomic E-state index is 4.93. The van der Waals surface area contributed by atoms with Gasteiger partial charge in [-0.3, -0.25) is 0 Å². The van der Waals surface area contributed by atoms with E-state index in [1.807, 2.05) is 0 Å². The van der Waals surface area contributed by atoms with Gasteiger partial charge in [-0.2, -0.15) is 19.1 Å². The number of aryl methyl sites for hydroxylation is 8. The molecule has 0 aliphatic carbocycles. The van der Waals surface area contributed by atoms with Crippen LogP contribution in [0, 0.1) is 76.2 Å². The number of halogens is 2. The van der Waals surface area contributed by atoms with Gasteiger partial charge in [-0.15, -0.1) is 55.9 Å². The molecule has 0 unspecified atom stereocenters. The predicted octanol–water partition coefficient (Wildman–Crippen LogP) is 16.4. The zero-order valence-electron chi connectivity index (χ0n) is 35.0. The normalized spacial score (nSPS) is 10.7. The summed E-state index contributed by atoms with van der Waals surface area (Å²) in [5.74, 6) is 0. The molecule has 0 aliphatic heterocycles. The van der Waals surface area contributed by atoms with E-state index in [2.05, 4.69) is 151 Å². The van der Waals surface area contributed by atoms with E-state index in [0.717, 1.165) is 0 Å². The number of benzene rings is 4. The van der Waals surface area contributed by atoms with Crippen molar-refractivity contribution in [2.75, 3.05) is 0 Å². The van der Waals surface area contributed by atoms with Gasteiger partial charge in [-0.05, 0) is 79.4 Å². The number of fused-ring (bicyclic) bond motifs is 2. The van der Waals surface area contributed by atoms with E-state index < -0.39 is 20.8 Å². The molecule has 0 heterocycles. The molecule has 0 saturated carbocycles. The fraction of sp³-hybridized carbons (Fsp3) is 0.380. The van der Waals surface area contributed by atoms with Crippen LogP contribution in [0.3, 0.4) is 0 Å². The van der Waals surface area contributed by atoms with Crippen LogP contribution in [0.1, 0.15) is 113 Å². The number of hydrogen-bond donors (Lipinski definition) is 0. The van der Waals surface area contributed by atoms with Gasteiger partial charge in [-0.1, -0.05) is 145 Å². The van der Waals surface area contributed by atoms with Gasteiger partial charge < -0.3 is 6.92 Å². The van der Waals surface area contributed by atoms with Crippen LogP contribution in [0.5, 0.6) is 0 Å². The first-order valence-electron chi connectivity index (χ1n) is 19.5. The molecule has 0 atom stereocenters. The van der Waals surface area contributed by atoms with E-state index in [0.29, 0.717) is 0 Å². The second-order valence-corrected chi connectivity index (χ2v) is 18.6. The molecule has 284 valence electrons. The summed E-state index contributed by atoms with van der Waals surface area (Å²) in [5, 5.41) is 5.76. The summed E-state index contributed by atoms with van der Waals surface area (Å²) >= 11 is -0.826. The predicted molar refractivity (Wildman–Crippen MR) is 237 cm³/mol. The second-order valence-electron chi connectivity index (χ2n) is 14.9. The van der Waals surface area contributed by atoms with Crippen LogP contribution in [0.4, 0.5) is 0 Å². The Hall–Kier alpha value is -2.44. The van der Waals surface area contributed by atoms with Crippen LogP contribution < -0.4 is 0 Å². The third-order valence-electron chi connectivity index (χ3n) is 10.9. The van der Waals surface area contributed by atoms with Crippen molar-refractivity contribution < 1.29 is 20.8 Å². The van der Waals surface area contributed by atoms with Crippen LogP contribution >= 0.6 is 17.0 Å². The molecule has 0 aromatic heterocycles. The monoisotopic (exact) mass is 823 g/mol. The van der Waals surface area contributed by atoms with Gasteiger partial charge in [-0.25, -0.2) is 0 Å². The summed E-state index contributed by atoms with van der Waals surface area (Å²) in [6, 6.07) is 23.6. The molecule has 0 fully saturated rings. The maximum absolute atomic E-state index is 4.93. The van der Waals surface area contributed by atoms with E-state index in [1.165, 1.54) is 149 Å². The van der Waals surface area contributed by atoms with Crippen LogP contribution in [0.2, 0.25) is 0 Å². The Bertz CT molecular complexity index is 1930. The third kappa shape index (κ3) is 10.9. The van der Waals surface area contributed by atoms with E-state index in [-0.39, 0.29) is 0 Å². The Kier molecular flexibility index (Phi) is 17.8. The van der Waals surface area contributed by atoms with E-state index in [9.17, 15) is 0 Å². The minimum absolute atomic E-state index is 0.826. The number of rotatable bonds is 8. The SMILES string of the molecule is CCCCc1cc2c(-c3cc(C)cc(C)c3)c(C)c(C)c(C)c2[cH-]1.CCCCc1cc2c(-c3cc(C)cc(C)c3)c(C)c(C)c(C)c2[cH-]1.[CH2-]C.[Cl][Zr][Cl]. The van der Waals surface area contributed by atoms with Crippen LogP contribution in [-0.4, -0.2) is 0 Å². The summed E-state index contributed by atoms with van der Waals surface area (Å²) in [7, 11) is 9.87. The van der Waals surface area contributed by atoms with Crippen molar-refractivity contribution in [3.63, 3.8) is 0 Å². The Morgan fingerprint density at radius 3 is 1.06 bits per heavy atom. The first-order valence-corrected chi connectivity index (χ1v) is 25.8. The van der Waals surface area contributed by atoms with Crippen molar-refractivity contribution >= 4 is 38.6 Å². The minimum atomic E-state index is -0.826. The topological polar surface area (TPSA) is 0 Å². The molecule has 0 aliphatic rings. The average molecular weight is 826 g/mol. The molecule has 0 radical (unpaired) electrons. The fourth-order valence-electron chi connectivity index (χ4n) is 7.95. The van der Waals surface area contributed by atoms with Crippen molar-refractivity contribution in [1.82, 2.24) is 0 Å². The average Bonchev–Trinajstić information content (AvgIpc) is 3.73. The van der Waals surface area contributed by atoms with Gasteiger partial charge in [0.1, 0.15) is 0 Å². The van der Waals surface area contributed by atoms with Crippen molar-refractivity contribution in [3.05, 3.63) is 134 Å². The van der Waals surface area contributed by atoms with Gasteiger partial charge in [0.05, 0.1) is 0 Å². The zero-order chi connectivity index (χ0) is 39.6. The van der Waals surface area contributed by atoms with Crippen molar-refractivity contribution in [2.45, 2.75) is 129 Å². The molecule has 0 spiro atoms. The molecule has 6 aromatic carbocycles. The molecular weight excluding hydrogens is 763 g/mol. The van der Waals surface area contributed by atoms with Crippen molar-refractivity contribution in [2.24, 2.45) is 0 Å². The third-order valence-corrected chi connectivity index (χ3v) is 10.9. The molecule has 0 N–H and O–H groups in total. The summed E-state index contributed by atoms with van der Waals surface area (Å²) in [4.78, 5) is 0. The van der Waals surface area contributed by atoms with E-state index in [1.54, 1.807) is 6.92 Å². The Balaban J connectivity index is 0.000000255. The van der Waals surface area contributed by atoms with Crippen LogP contribution in [-0.2, 0) is 33.7 Å². The first kappa shape index (κ1) is 45.0. The fourth-order valence-corrected chi connectivity index (χ4v) is 7.95. The molecule has 0 bridgehead atoms. The van der Waals surface area contributed by atoms with E-state index in [4.69, 9.17) is 17.0 Å². The Morgan fingerprint density at radius 2 is 0.774 bits per heavy atom. The quantitative estimate of drug-likeness (QED) is 0.134. The van der Waals surface area contributed by atoms with E-state index >= 15 is 0 Å². The first-order chi connectivity index (χ1) is 25.3. The summed E-state index contributed by atoms with van der Waals surface area (Å²) in [6.07, 6.45) is 7.42. The number of hydrogen-bond acceptors (Lipinski definition) is 0. The molecule has 3 heteroatoms. The van der Waals surface area contributed by atoms with Gasteiger partial charge >= 0.3 is 37.9 Å². The second kappa shape index (κ2) is 21.0. The Labute approximate surface area is 342 Å². The van der Waals surface area contributed by atoms with Crippen molar-refractivity contribution in [1.29, 1.82) is 0 Å². The van der Waals surface area contributed by atoms with Crippen LogP contribution in [0.15, 0.2) is 60.7 Å². The molecule has 0 nitrogen and oxygen atoms in total. The molecule has 53 heavy (non-hydrogen) atoms. The van der Waals surface area contributed by atoms with Gasteiger partial charge in [0.2, 0.25) is 0 Å². The number of unbranched alkanes of at least 4 members (excludes halogenated alkanes) is 2. The Morgan fingerprint density at radius 1 is 0.472 bits per heavy atom. The summed E-state index contributed by atoms with van der Waals surface area (Å²) in [5.41, 5.74) is 22.6. The molecular formula is C50H63Cl2Zr-3. The molecule has 6 aromatic rings. The molecule has 0 amide bonds. The summed E-state index contributed by atoms with van der Waals surface area (Å²) < 4.78 is 0. The molecule has 0 saturated heterocycles. The summed E-state index contributed by atoms with van der Waals surface area (Å²) in [6.45, 7) is 32.0. The zero-order valence-corrected chi connectivity index (χ0v) is 38.9. The van der Waals surface area contributed by atoms with Crippen LogP contribution in [0.25, 0.3) is 43.8 Å². The van der Waals surface area contributed by atoms with Gasteiger partial charge in [0.25, 0.3) is 0 Å². The van der Waals surface area contributed by atoms with Gasteiger partial charge in [0, 0.05) is 0 Å².